The van der Waals surface area contributed by atoms with Crippen LogP contribution in [0.2, 0.25) is 0 Å². The van der Waals surface area contributed by atoms with Crippen LogP contribution < -0.4 is 11.4 Å². The number of aromatic nitrogens is 2. The molecule has 0 unspecified atom stereocenters. The Morgan fingerprint density at radius 1 is 1.44 bits per heavy atom. The van der Waals surface area contributed by atoms with Gasteiger partial charge < -0.3 is 10.7 Å². The monoisotopic (exact) mass is 219 g/mol. The molecule has 0 radical (unpaired) electrons. The van der Waals surface area contributed by atoms with Crippen LogP contribution in [0.4, 0.5) is 0 Å². The molecule has 0 fully saturated rings. The van der Waals surface area contributed by atoms with Gasteiger partial charge in [-0.05, 0) is 44.5 Å². The summed E-state index contributed by atoms with van der Waals surface area (Å²) in [7, 11) is 0. The first-order valence-electron chi connectivity index (χ1n) is 5.56. The van der Waals surface area contributed by atoms with Crippen molar-refractivity contribution in [2.24, 2.45) is 5.73 Å². The molecular formula is C12H17N3O. The summed E-state index contributed by atoms with van der Waals surface area (Å²) >= 11 is 0. The number of imidazole rings is 1. The van der Waals surface area contributed by atoms with Gasteiger partial charge in [-0.15, -0.1) is 0 Å². The number of nitrogens with one attached hydrogen (secondary N) is 1. The second-order valence-electron chi connectivity index (χ2n) is 4.28. The summed E-state index contributed by atoms with van der Waals surface area (Å²) in [6.45, 7) is 4.63. The third-order valence-corrected chi connectivity index (χ3v) is 2.73. The highest BCUT2D eigenvalue weighted by Gasteiger charge is 2.09. The molecule has 0 bridgehead atoms. The van der Waals surface area contributed by atoms with E-state index in [1.54, 1.807) is 4.57 Å². The number of nitrogens with zero attached hydrogens (tertiary/aromatic N) is 1. The Hall–Kier alpha value is -1.55. The Bertz CT molecular complexity index is 551. The molecule has 0 saturated heterocycles. The van der Waals surface area contributed by atoms with Crippen molar-refractivity contribution in [3.05, 3.63) is 34.2 Å². The SMILES string of the molecule is CC(C)n1c(=O)[nH]c2cc(CCN)ccc21. The number of hydrogen-bond donors (Lipinski definition) is 2. The fourth-order valence-electron chi connectivity index (χ4n) is 2.01. The lowest BCUT2D eigenvalue weighted by molar-refractivity contribution is 0.598. The second kappa shape index (κ2) is 4.14. The third-order valence-electron chi connectivity index (χ3n) is 2.73. The number of H-pyrrole nitrogens is 1. The molecule has 2 rings (SSSR count). The Balaban J connectivity index is 2.61. The summed E-state index contributed by atoms with van der Waals surface area (Å²) in [5, 5.41) is 0. The quantitative estimate of drug-likeness (QED) is 0.819. The average Bonchev–Trinajstić information content (AvgIpc) is 2.53. The molecule has 1 aromatic carbocycles. The molecule has 4 nitrogen and oxygen atoms in total. The van der Waals surface area contributed by atoms with Crippen molar-refractivity contribution in [3.63, 3.8) is 0 Å². The van der Waals surface area contributed by atoms with Gasteiger partial charge >= 0.3 is 5.69 Å². The van der Waals surface area contributed by atoms with E-state index in [0.717, 1.165) is 23.0 Å². The summed E-state index contributed by atoms with van der Waals surface area (Å²) in [6.07, 6.45) is 0.838. The molecule has 4 heteroatoms. The predicted octanol–water partition coefficient (Wildman–Crippen LogP) is 1.41. The summed E-state index contributed by atoms with van der Waals surface area (Å²) in [4.78, 5) is 14.6. The molecule has 16 heavy (non-hydrogen) atoms. The van der Waals surface area contributed by atoms with Gasteiger partial charge in [-0.3, -0.25) is 4.57 Å². The highest BCUT2D eigenvalue weighted by Crippen LogP contribution is 2.16. The summed E-state index contributed by atoms with van der Waals surface area (Å²) < 4.78 is 1.77. The predicted molar refractivity (Wildman–Crippen MR) is 65.7 cm³/mol. The zero-order chi connectivity index (χ0) is 11.7. The van der Waals surface area contributed by atoms with Crippen LogP contribution in [0.1, 0.15) is 25.5 Å². The molecule has 86 valence electrons. The molecule has 0 amide bonds. The van der Waals surface area contributed by atoms with Gasteiger partial charge in [-0.2, -0.15) is 0 Å². The molecule has 0 spiro atoms. The van der Waals surface area contributed by atoms with Crippen molar-refractivity contribution in [1.29, 1.82) is 0 Å². The van der Waals surface area contributed by atoms with Gasteiger partial charge in [0.2, 0.25) is 0 Å². The smallest absolute Gasteiger partial charge is 0.326 e. The van der Waals surface area contributed by atoms with Gasteiger partial charge in [-0.1, -0.05) is 6.07 Å². The van der Waals surface area contributed by atoms with Crippen LogP contribution in [-0.4, -0.2) is 16.1 Å². The molecule has 0 aliphatic carbocycles. The van der Waals surface area contributed by atoms with Gasteiger partial charge in [0.1, 0.15) is 0 Å². The number of hydrogen-bond acceptors (Lipinski definition) is 2. The second-order valence-corrected chi connectivity index (χ2v) is 4.28. The average molecular weight is 219 g/mol. The van der Waals surface area contributed by atoms with E-state index in [1.807, 2.05) is 32.0 Å². The van der Waals surface area contributed by atoms with E-state index < -0.39 is 0 Å². The number of nitrogens with two attached hydrogens (primary N) is 1. The molecule has 0 saturated carbocycles. The number of rotatable bonds is 3. The standard InChI is InChI=1S/C12H17N3O/c1-8(2)15-11-4-3-9(5-6-13)7-10(11)14-12(15)16/h3-4,7-8H,5-6,13H2,1-2H3,(H,14,16). The molecule has 3 N–H and O–H groups in total. The molecule has 2 aromatic rings. The van der Waals surface area contributed by atoms with Gasteiger partial charge in [0.15, 0.2) is 0 Å². The highest BCUT2D eigenvalue weighted by molar-refractivity contribution is 5.76. The largest absolute Gasteiger partial charge is 0.330 e. The molecular weight excluding hydrogens is 202 g/mol. The number of fused-ring (bicyclic) bond motifs is 1. The normalized spacial score (nSPS) is 11.5. The van der Waals surface area contributed by atoms with Crippen molar-refractivity contribution in [2.75, 3.05) is 6.54 Å². The van der Waals surface area contributed by atoms with Crippen LogP contribution in [0.5, 0.6) is 0 Å². The van der Waals surface area contributed by atoms with E-state index >= 15 is 0 Å². The molecule has 1 aromatic heterocycles. The Kier molecular flexibility index (Phi) is 2.83. The van der Waals surface area contributed by atoms with E-state index in [2.05, 4.69) is 4.98 Å². The minimum atomic E-state index is -0.0464. The van der Waals surface area contributed by atoms with Gasteiger partial charge in [0.05, 0.1) is 11.0 Å². The van der Waals surface area contributed by atoms with Crippen LogP contribution in [0.3, 0.4) is 0 Å². The minimum absolute atomic E-state index is 0.0464. The summed E-state index contributed by atoms with van der Waals surface area (Å²) in [5.74, 6) is 0. The summed E-state index contributed by atoms with van der Waals surface area (Å²) in [5.41, 5.74) is 8.48. The van der Waals surface area contributed by atoms with Crippen LogP contribution in [-0.2, 0) is 6.42 Å². The van der Waals surface area contributed by atoms with E-state index in [-0.39, 0.29) is 11.7 Å². The Morgan fingerprint density at radius 2 is 2.19 bits per heavy atom. The first kappa shape index (κ1) is 11.0. The van der Waals surface area contributed by atoms with Gasteiger partial charge in [0, 0.05) is 6.04 Å². The van der Waals surface area contributed by atoms with Gasteiger partial charge in [-0.25, -0.2) is 4.79 Å². The summed E-state index contributed by atoms with van der Waals surface area (Å²) in [6, 6.07) is 6.18. The minimum Gasteiger partial charge on any atom is -0.330 e. The van der Waals surface area contributed by atoms with Crippen LogP contribution in [0.25, 0.3) is 11.0 Å². The highest BCUT2D eigenvalue weighted by atomic mass is 16.1. The van der Waals surface area contributed by atoms with Crippen LogP contribution in [0, 0.1) is 0 Å². The lowest BCUT2D eigenvalue weighted by Gasteiger charge is -2.06. The Labute approximate surface area is 94.1 Å². The van der Waals surface area contributed by atoms with Crippen molar-refractivity contribution in [3.8, 4) is 0 Å². The number of aromatic amines is 1. The van der Waals surface area contributed by atoms with E-state index in [4.69, 9.17) is 5.73 Å². The fourth-order valence-corrected chi connectivity index (χ4v) is 2.01. The third kappa shape index (κ3) is 1.76. The van der Waals surface area contributed by atoms with Crippen molar-refractivity contribution < 1.29 is 0 Å². The lowest BCUT2D eigenvalue weighted by atomic mass is 10.1. The van der Waals surface area contributed by atoms with Crippen molar-refractivity contribution in [2.45, 2.75) is 26.3 Å². The fraction of sp³-hybridized carbons (Fsp3) is 0.417. The molecule has 0 atom stereocenters. The van der Waals surface area contributed by atoms with Crippen molar-refractivity contribution in [1.82, 2.24) is 9.55 Å². The first-order valence-corrected chi connectivity index (χ1v) is 5.56. The number of benzene rings is 1. The van der Waals surface area contributed by atoms with E-state index in [9.17, 15) is 4.79 Å². The van der Waals surface area contributed by atoms with Crippen molar-refractivity contribution >= 4 is 11.0 Å². The van der Waals surface area contributed by atoms with Gasteiger partial charge in [0.25, 0.3) is 0 Å². The molecule has 0 aliphatic heterocycles. The van der Waals surface area contributed by atoms with Crippen LogP contribution >= 0.6 is 0 Å². The zero-order valence-corrected chi connectivity index (χ0v) is 9.66. The Morgan fingerprint density at radius 3 is 2.81 bits per heavy atom. The van der Waals surface area contributed by atoms with E-state index in [1.165, 1.54) is 0 Å². The molecule has 0 aliphatic rings. The first-order chi connectivity index (χ1) is 7.63. The lowest BCUT2D eigenvalue weighted by Crippen LogP contribution is -2.18. The zero-order valence-electron chi connectivity index (χ0n) is 9.66. The maximum Gasteiger partial charge on any atom is 0.326 e. The maximum absolute atomic E-state index is 11.7. The van der Waals surface area contributed by atoms with Crippen LogP contribution in [0.15, 0.2) is 23.0 Å². The topological polar surface area (TPSA) is 63.8 Å². The maximum atomic E-state index is 11.7. The molecule has 1 heterocycles. The van der Waals surface area contributed by atoms with E-state index in [0.29, 0.717) is 6.54 Å².